The molecule has 12 heteroatoms. The molecule has 0 amide bonds. The summed E-state index contributed by atoms with van der Waals surface area (Å²) in [6, 6.07) is 13.1. The van der Waals surface area contributed by atoms with E-state index in [2.05, 4.69) is 16.3 Å². The zero-order chi connectivity index (χ0) is 27.7. The molecule has 2 aliphatic rings. The number of benzene rings is 2. The number of carbonyl (C=O) groups excluding carboxylic acids is 2. The summed E-state index contributed by atoms with van der Waals surface area (Å²) in [6.07, 6.45) is 1.30. The molecular weight excluding hydrogens is 561 g/mol. The molecule has 0 radical (unpaired) electrons. The van der Waals surface area contributed by atoms with E-state index < -0.39 is 11.7 Å². The lowest BCUT2D eigenvalue weighted by Gasteiger charge is -2.38. The predicted molar refractivity (Wildman–Crippen MR) is 147 cm³/mol. The van der Waals surface area contributed by atoms with Crippen LogP contribution < -0.4 is 15.4 Å². The van der Waals surface area contributed by atoms with E-state index in [9.17, 15) is 14.9 Å². The van der Waals surface area contributed by atoms with Gasteiger partial charge >= 0.3 is 0 Å². The van der Waals surface area contributed by atoms with E-state index in [-0.39, 0.29) is 51.3 Å². The minimum atomic E-state index is -1.02. The number of allylic oxidation sites excluding steroid dienone is 3. The monoisotopic (exact) mass is 581 g/mol. The molecular formula is C27H21ClFN5O3S2. The van der Waals surface area contributed by atoms with Gasteiger partial charge in [-0.25, -0.2) is 4.39 Å². The molecule has 2 aromatic carbocycles. The summed E-state index contributed by atoms with van der Waals surface area (Å²) in [5.41, 5.74) is 7.96. The van der Waals surface area contributed by atoms with Crippen molar-refractivity contribution in [1.82, 2.24) is 10.2 Å². The summed E-state index contributed by atoms with van der Waals surface area (Å²) < 4.78 is 20.7. The summed E-state index contributed by atoms with van der Waals surface area (Å²) >= 11 is 8.78. The maximum atomic E-state index is 15.0. The number of hydrogen-bond acceptors (Lipinski definition) is 10. The van der Waals surface area contributed by atoms with Crippen LogP contribution in [0.25, 0.3) is 0 Å². The van der Waals surface area contributed by atoms with Crippen LogP contribution in [0.1, 0.15) is 41.1 Å². The average molecular weight is 582 g/mol. The van der Waals surface area contributed by atoms with Gasteiger partial charge in [-0.15, -0.1) is 10.2 Å². The third kappa shape index (κ3) is 5.03. The quantitative estimate of drug-likeness (QED) is 0.280. The number of Topliss-reactive ketones (excluding diaryl/α,β-unsaturated/α-hetero) is 2. The second kappa shape index (κ2) is 11.2. The van der Waals surface area contributed by atoms with E-state index in [1.165, 1.54) is 41.3 Å². The van der Waals surface area contributed by atoms with Crippen molar-refractivity contribution in [2.24, 2.45) is 5.73 Å². The molecule has 0 fully saturated rings. The highest BCUT2D eigenvalue weighted by atomic mass is 35.5. The summed E-state index contributed by atoms with van der Waals surface area (Å²) in [7, 11) is 1.56. The van der Waals surface area contributed by atoms with Gasteiger partial charge in [0.2, 0.25) is 5.13 Å². The summed E-state index contributed by atoms with van der Waals surface area (Å²) in [5, 5.41) is 19.0. The third-order valence-electron chi connectivity index (χ3n) is 6.53. The Morgan fingerprint density at radius 1 is 1.28 bits per heavy atom. The topological polar surface area (TPSA) is 122 Å². The highest BCUT2D eigenvalue weighted by Crippen LogP contribution is 2.49. The molecule has 0 saturated heterocycles. The molecule has 1 aliphatic carbocycles. The lowest BCUT2D eigenvalue weighted by atomic mass is 9.75. The maximum absolute atomic E-state index is 15.0. The van der Waals surface area contributed by atoms with Crippen LogP contribution in [0.5, 0.6) is 5.75 Å². The number of ether oxygens (including phenoxy) is 1. The Morgan fingerprint density at radius 2 is 2.05 bits per heavy atom. The molecule has 1 atom stereocenters. The molecule has 1 aliphatic heterocycles. The zero-order valence-electron chi connectivity index (χ0n) is 20.6. The lowest BCUT2D eigenvalue weighted by molar-refractivity contribution is -0.116. The number of thioether (sulfide) groups is 1. The second-order valence-corrected chi connectivity index (χ2v) is 11.3. The van der Waals surface area contributed by atoms with Gasteiger partial charge < -0.3 is 10.5 Å². The smallest absolute Gasteiger partial charge is 0.219 e. The Kier molecular flexibility index (Phi) is 7.70. The van der Waals surface area contributed by atoms with Gasteiger partial charge in [0, 0.05) is 33.8 Å². The van der Waals surface area contributed by atoms with E-state index in [0.717, 1.165) is 0 Å². The molecule has 1 aromatic heterocycles. The van der Waals surface area contributed by atoms with Gasteiger partial charge in [-0.05, 0) is 49.2 Å². The van der Waals surface area contributed by atoms with E-state index in [1.54, 1.807) is 36.3 Å². The Bertz CT molecular complexity index is 1560. The first kappa shape index (κ1) is 26.9. The maximum Gasteiger partial charge on any atom is 0.219 e. The number of rotatable bonds is 7. The second-order valence-electron chi connectivity index (χ2n) is 8.74. The van der Waals surface area contributed by atoms with Gasteiger partial charge in [0.1, 0.15) is 17.4 Å². The number of hydrogen-bond donors (Lipinski definition) is 1. The Morgan fingerprint density at radius 3 is 2.74 bits per heavy atom. The van der Waals surface area contributed by atoms with Gasteiger partial charge in [-0.2, -0.15) is 5.26 Å². The number of nitrogens with two attached hydrogens (primary N) is 1. The number of nitriles is 1. The van der Waals surface area contributed by atoms with Gasteiger partial charge in [0.15, 0.2) is 15.9 Å². The Balaban J connectivity index is 1.48. The number of anilines is 1. The number of aromatic nitrogens is 2. The van der Waals surface area contributed by atoms with Gasteiger partial charge in [0.25, 0.3) is 0 Å². The molecule has 5 rings (SSSR count). The van der Waals surface area contributed by atoms with Crippen LogP contribution in [-0.4, -0.2) is 34.6 Å². The molecule has 0 saturated carbocycles. The molecule has 39 heavy (non-hydrogen) atoms. The molecule has 3 aromatic rings. The molecule has 0 bridgehead atoms. The van der Waals surface area contributed by atoms with Crippen molar-refractivity contribution in [2.45, 2.75) is 29.5 Å². The lowest BCUT2D eigenvalue weighted by Crippen LogP contribution is -2.39. The van der Waals surface area contributed by atoms with Gasteiger partial charge in [-0.1, -0.05) is 40.8 Å². The Hall–Kier alpha value is -3.72. The highest BCUT2D eigenvalue weighted by molar-refractivity contribution is 8.01. The fourth-order valence-electron chi connectivity index (χ4n) is 4.72. The molecule has 2 heterocycles. The zero-order valence-corrected chi connectivity index (χ0v) is 23.0. The number of halogens is 2. The standard InChI is InChI=1S/C27H21ClFN5O3S2/c1-37-15-10-8-14(9-11-15)21(36)13-38-27-33-32-26(39-27)34-19-6-3-7-20(35)24(19)22(16(12-30)25(34)31)23-17(28)4-2-5-18(23)29/h2,4-5,8-11,22H,3,6-7,13,31H2,1H3. The first-order chi connectivity index (χ1) is 18.8. The third-order valence-corrected chi connectivity index (χ3v) is 8.90. The van der Waals surface area contributed by atoms with Crippen molar-refractivity contribution in [2.75, 3.05) is 17.8 Å². The number of methoxy groups -OCH3 is 1. The Labute approximate surface area is 236 Å². The van der Waals surface area contributed by atoms with Crippen molar-refractivity contribution in [3.8, 4) is 11.8 Å². The fourth-order valence-corrected chi connectivity index (χ4v) is 6.77. The van der Waals surface area contributed by atoms with Crippen molar-refractivity contribution in [1.29, 1.82) is 5.26 Å². The van der Waals surface area contributed by atoms with Gasteiger partial charge in [-0.3, -0.25) is 14.5 Å². The molecule has 2 N–H and O–H groups in total. The molecule has 1 unspecified atom stereocenters. The highest BCUT2D eigenvalue weighted by Gasteiger charge is 2.42. The largest absolute Gasteiger partial charge is 0.497 e. The van der Waals surface area contributed by atoms with Crippen molar-refractivity contribution < 1.29 is 18.7 Å². The van der Waals surface area contributed by atoms with Crippen LogP contribution in [-0.2, 0) is 4.79 Å². The fraction of sp³-hybridized carbons (Fsp3) is 0.222. The van der Waals surface area contributed by atoms with Crippen LogP contribution in [0.15, 0.2) is 69.5 Å². The van der Waals surface area contributed by atoms with Crippen LogP contribution in [0.2, 0.25) is 5.02 Å². The molecule has 8 nitrogen and oxygen atoms in total. The number of nitrogens with zero attached hydrogens (tertiary/aromatic N) is 4. The van der Waals surface area contributed by atoms with E-state index in [4.69, 9.17) is 22.1 Å². The van der Waals surface area contributed by atoms with Crippen molar-refractivity contribution >= 4 is 51.4 Å². The normalized spacial score (nSPS) is 17.2. The van der Waals surface area contributed by atoms with Crippen LogP contribution in [0.3, 0.4) is 0 Å². The van der Waals surface area contributed by atoms with E-state index >= 15 is 4.39 Å². The first-order valence-corrected chi connectivity index (χ1v) is 14.1. The van der Waals surface area contributed by atoms with Gasteiger partial charge in [0.05, 0.1) is 30.4 Å². The van der Waals surface area contributed by atoms with Crippen LogP contribution in [0.4, 0.5) is 9.52 Å². The minimum absolute atomic E-state index is 0.00934. The van der Waals surface area contributed by atoms with Crippen molar-refractivity contribution in [3.05, 3.63) is 87.1 Å². The minimum Gasteiger partial charge on any atom is -0.497 e. The van der Waals surface area contributed by atoms with Crippen LogP contribution >= 0.6 is 34.7 Å². The summed E-state index contributed by atoms with van der Waals surface area (Å²) in [4.78, 5) is 27.4. The molecule has 198 valence electrons. The van der Waals surface area contributed by atoms with E-state index in [1.807, 2.05) is 0 Å². The summed E-state index contributed by atoms with van der Waals surface area (Å²) in [5.74, 6) is -1.10. The SMILES string of the molecule is COc1ccc(C(=O)CSc2nnc(N3C(N)=C(C#N)C(c4c(F)cccc4Cl)C4=C3CCCC4=O)s2)cc1. The summed E-state index contributed by atoms with van der Waals surface area (Å²) in [6.45, 7) is 0. The molecule has 0 spiro atoms. The number of carbonyl (C=O) groups is 2. The predicted octanol–water partition coefficient (Wildman–Crippen LogP) is 5.62. The van der Waals surface area contributed by atoms with Crippen LogP contribution in [0, 0.1) is 17.1 Å². The van der Waals surface area contributed by atoms with E-state index in [0.29, 0.717) is 39.3 Å². The van der Waals surface area contributed by atoms with Crippen molar-refractivity contribution in [3.63, 3.8) is 0 Å². The average Bonchev–Trinajstić information content (AvgIpc) is 3.40. The first-order valence-electron chi connectivity index (χ1n) is 11.9. The number of ketones is 2.